The molecule has 3 heterocycles. The summed E-state index contributed by atoms with van der Waals surface area (Å²) in [5.41, 5.74) is 1.88. The Hall–Kier alpha value is -2.71. The molecule has 27 heavy (non-hydrogen) atoms. The van der Waals surface area contributed by atoms with Crippen LogP contribution in [0.15, 0.2) is 39.3 Å². The fraction of sp³-hybridized carbons (Fsp3) is 0.421. The lowest BCUT2D eigenvalue weighted by atomic mass is 10.2. The molecule has 0 aliphatic carbocycles. The van der Waals surface area contributed by atoms with Crippen LogP contribution in [0.2, 0.25) is 0 Å². The lowest BCUT2D eigenvalue weighted by Gasteiger charge is -2.33. The Morgan fingerprint density at radius 1 is 1.00 bits per heavy atom. The van der Waals surface area contributed by atoms with Gasteiger partial charge in [0.1, 0.15) is 11.5 Å². The molecule has 0 saturated carbocycles. The van der Waals surface area contributed by atoms with Crippen molar-refractivity contribution in [2.45, 2.75) is 20.0 Å². The number of piperazine rings is 1. The molecule has 0 unspecified atom stereocenters. The molecule has 3 aromatic rings. The molecular weight excluding hydrogens is 346 g/mol. The number of aryl methyl sites for hydroxylation is 1. The van der Waals surface area contributed by atoms with Crippen LogP contribution in [0.3, 0.4) is 0 Å². The second kappa shape index (κ2) is 7.89. The molecule has 1 saturated heterocycles. The van der Waals surface area contributed by atoms with Gasteiger partial charge in [0.25, 0.3) is 0 Å². The number of methoxy groups -OCH3 is 1. The van der Waals surface area contributed by atoms with Gasteiger partial charge in [-0.15, -0.1) is 10.2 Å². The fourth-order valence-electron chi connectivity index (χ4n) is 3.19. The SMILES string of the molecule is COc1ccc(-c2nnc(CN3CCN(Cc4cc(C)on4)CC3)o2)cc1. The molecule has 8 heteroatoms. The maximum atomic E-state index is 5.83. The first-order valence-electron chi connectivity index (χ1n) is 9.03. The first kappa shape index (κ1) is 17.7. The van der Waals surface area contributed by atoms with Crippen LogP contribution in [0.1, 0.15) is 17.3 Å². The monoisotopic (exact) mass is 369 g/mol. The van der Waals surface area contributed by atoms with Gasteiger partial charge in [-0.2, -0.15) is 0 Å². The van der Waals surface area contributed by atoms with Crippen LogP contribution < -0.4 is 4.74 Å². The number of hydrogen-bond donors (Lipinski definition) is 0. The van der Waals surface area contributed by atoms with E-state index in [2.05, 4.69) is 25.2 Å². The predicted molar refractivity (Wildman–Crippen MR) is 98.1 cm³/mol. The van der Waals surface area contributed by atoms with Gasteiger partial charge in [0.2, 0.25) is 11.8 Å². The number of hydrogen-bond acceptors (Lipinski definition) is 8. The van der Waals surface area contributed by atoms with Crippen LogP contribution in [0.4, 0.5) is 0 Å². The Morgan fingerprint density at radius 2 is 1.70 bits per heavy atom. The molecule has 0 bridgehead atoms. The highest BCUT2D eigenvalue weighted by molar-refractivity contribution is 5.53. The van der Waals surface area contributed by atoms with Gasteiger partial charge in [0.15, 0.2) is 0 Å². The third-order valence-corrected chi connectivity index (χ3v) is 4.69. The van der Waals surface area contributed by atoms with Crippen molar-refractivity contribution in [3.05, 3.63) is 47.7 Å². The second-order valence-corrected chi connectivity index (χ2v) is 6.71. The average Bonchev–Trinajstić information content (AvgIpc) is 3.32. The molecule has 1 aliphatic rings. The topological polar surface area (TPSA) is 80.7 Å². The Bertz CT molecular complexity index is 866. The summed E-state index contributed by atoms with van der Waals surface area (Å²) in [6.07, 6.45) is 0. The van der Waals surface area contributed by atoms with E-state index in [1.807, 2.05) is 37.3 Å². The summed E-state index contributed by atoms with van der Waals surface area (Å²) < 4.78 is 16.1. The van der Waals surface area contributed by atoms with E-state index in [0.717, 1.165) is 55.5 Å². The molecule has 4 rings (SSSR count). The molecule has 142 valence electrons. The van der Waals surface area contributed by atoms with Crippen LogP contribution in [0.25, 0.3) is 11.5 Å². The molecule has 1 aliphatic heterocycles. The summed E-state index contributed by atoms with van der Waals surface area (Å²) in [4.78, 5) is 4.71. The molecule has 0 N–H and O–H groups in total. The van der Waals surface area contributed by atoms with Crippen molar-refractivity contribution in [3.8, 4) is 17.2 Å². The van der Waals surface area contributed by atoms with Crippen LogP contribution in [-0.2, 0) is 13.1 Å². The van der Waals surface area contributed by atoms with Crippen LogP contribution >= 0.6 is 0 Å². The fourth-order valence-corrected chi connectivity index (χ4v) is 3.19. The summed E-state index contributed by atoms with van der Waals surface area (Å²) in [5, 5.41) is 12.4. The third-order valence-electron chi connectivity index (χ3n) is 4.69. The minimum absolute atomic E-state index is 0.535. The van der Waals surface area contributed by atoms with Gasteiger partial charge in [-0.3, -0.25) is 9.80 Å². The zero-order chi connectivity index (χ0) is 18.6. The summed E-state index contributed by atoms with van der Waals surface area (Å²) in [5.74, 6) is 2.83. The maximum absolute atomic E-state index is 5.83. The smallest absolute Gasteiger partial charge is 0.247 e. The van der Waals surface area contributed by atoms with E-state index in [1.165, 1.54) is 0 Å². The number of nitrogens with zero attached hydrogens (tertiary/aromatic N) is 5. The van der Waals surface area contributed by atoms with E-state index >= 15 is 0 Å². The summed E-state index contributed by atoms with van der Waals surface area (Å²) >= 11 is 0. The lowest BCUT2D eigenvalue weighted by Crippen LogP contribution is -2.45. The van der Waals surface area contributed by atoms with E-state index in [-0.39, 0.29) is 0 Å². The zero-order valence-corrected chi connectivity index (χ0v) is 15.6. The largest absolute Gasteiger partial charge is 0.497 e. The van der Waals surface area contributed by atoms with E-state index in [9.17, 15) is 0 Å². The minimum atomic E-state index is 0.535. The molecule has 0 spiro atoms. The molecule has 2 aromatic heterocycles. The van der Waals surface area contributed by atoms with E-state index in [1.54, 1.807) is 7.11 Å². The van der Waals surface area contributed by atoms with E-state index in [0.29, 0.717) is 18.3 Å². The van der Waals surface area contributed by atoms with E-state index < -0.39 is 0 Å². The Kier molecular flexibility index (Phi) is 5.17. The highest BCUT2D eigenvalue weighted by Gasteiger charge is 2.20. The highest BCUT2D eigenvalue weighted by atomic mass is 16.5. The van der Waals surface area contributed by atoms with Crippen molar-refractivity contribution >= 4 is 0 Å². The number of aromatic nitrogens is 3. The van der Waals surface area contributed by atoms with Crippen molar-refractivity contribution in [2.75, 3.05) is 33.3 Å². The van der Waals surface area contributed by atoms with Crippen molar-refractivity contribution < 1.29 is 13.7 Å². The Morgan fingerprint density at radius 3 is 2.33 bits per heavy atom. The average molecular weight is 369 g/mol. The molecule has 0 radical (unpaired) electrons. The normalized spacial score (nSPS) is 15.9. The van der Waals surface area contributed by atoms with Crippen molar-refractivity contribution in [2.24, 2.45) is 0 Å². The van der Waals surface area contributed by atoms with Crippen molar-refractivity contribution in [1.82, 2.24) is 25.2 Å². The Balaban J connectivity index is 1.29. The summed E-state index contributed by atoms with van der Waals surface area (Å²) in [6.45, 7) is 7.28. The van der Waals surface area contributed by atoms with Gasteiger partial charge in [-0.1, -0.05) is 5.16 Å². The molecule has 0 atom stereocenters. The molecular formula is C19H23N5O3. The first-order valence-corrected chi connectivity index (χ1v) is 9.03. The number of benzene rings is 1. The van der Waals surface area contributed by atoms with Crippen LogP contribution in [0.5, 0.6) is 5.75 Å². The standard InChI is InChI=1S/C19H23N5O3/c1-14-11-16(22-27-14)12-23-7-9-24(10-8-23)13-18-20-21-19(26-18)15-3-5-17(25-2)6-4-15/h3-6,11H,7-10,12-13H2,1-2H3. The van der Waals surface area contributed by atoms with Crippen LogP contribution in [0, 0.1) is 6.92 Å². The van der Waals surface area contributed by atoms with Gasteiger partial charge >= 0.3 is 0 Å². The Labute approximate surface area is 157 Å². The second-order valence-electron chi connectivity index (χ2n) is 6.71. The number of rotatable bonds is 6. The third kappa shape index (κ3) is 4.35. The highest BCUT2D eigenvalue weighted by Crippen LogP contribution is 2.21. The van der Waals surface area contributed by atoms with Gasteiger partial charge in [-0.25, -0.2) is 0 Å². The van der Waals surface area contributed by atoms with E-state index in [4.69, 9.17) is 13.7 Å². The molecule has 1 fully saturated rings. The van der Waals surface area contributed by atoms with Gasteiger partial charge in [-0.05, 0) is 31.2 Å². The maximum Gasteiger partial charge on any atom is 0.247 e. The van der Waals surface area contributed by atoms with Gasteiger partial charge in [0.05, 0.1) is 19.3 Å². The lowest BCUT2D eigenvalue weighted by molar-refractivity contribution is 0.113. The van der Waals surface area contributed by atoms with Crippen LogP contribution in [-0.4, -0.2) is 58.4 Å². The van der Waals surface area contributed by atoms with Gasteiger partial charge < -0.3 is 13.7 Å². The molecule has 0 amide bonds. The van der Waals surface area contributed by atoms with Gasteiger partial charge in [0, 0.05) is 44.4 Å². The zero-order valence-electron chi connectivity index (χ0n) is 15.6. The molecule has 1 aromatic carbocycles. The quantitative estimate of drug-likeness (QED) is 0.655. The summed E-state index contributed by atoms with van der Waals surface area (Å²) in [6, 6.07) is 9.59. The predicted octanol–water partition coefficient (Wildman–Crippen LogP) is 2.36. The number of ether oxygens (including phenoxy) is 1. The van der Waals surface area contributed by atoms with Crippen molar-refractivity contribution in [3.63, 3.8) is 0 Å². The summed E-state index contributed by atoms with van der Waals surface area (Å²) in [7, 11) is 1.65. The minimum Gasteiger partial charge on any atom is -0.497 e. The van der Waals surface area contributed by atoms with Crippen molar-refractivity contribution in [1.29, 1.82) is 0 Å². The molecule has 8 nitrogen and oxygen atoms in total. The first-order chi connectivity index (χ1) is 13.2.